The molecular weight excluding hydrogens is 332 g/mol. The number of ether oxygens (including phenoxy) is 1. The fraction of sp³-hybridized carbons (Fsp3) is 0.357. The van der Waals surface area contributed by atoms with Crippen LogP contribution in [0.2, 0.25) is 0 Å². The molecule has 2 heterocycles. The fourth-order valence-electron chi connectivity index (χ4n) is 1.86. The molecule has 2 rings (SSSR count). The van der Waals surface area contributed by atoms with Crippen LogP contribution < -0.4 is 16.8 Å². The van der Waals surface area contributed by atoms with Crippen LogP contribution in [0.25, 0.3) is 0 Å². The number of aromatic nitrogens is 3. The zero-order valence-corrected chi connectivity index (χ0v) is 14.0. The summed E-state index contributed by atoms with van der Waals surface area (Å²) in [5.74, 6) is -1.04. The van der Waals surface area contributed by atoms with Crippen LogP contribution in [0.4, 0.5) is 11.9 Å². The van der Waals surface area contributed by atoms with Gasteiger partial charge in [-0.3, -0.25) is 4.79 Å². The van der Waals surface area contributed by atoms with Crippen LogP contribution in [-0.4, -0.2) is 32.9 Å². The molecule has 0 spiro atoms. The van der Waals surface area contributed by atoms with Gasteiger partial charge in [0.1, 0.15) is 6.04 Å². The molecule has 0 saturated carbocycles. The molecule has 0 fully saturated rings. The first kappa shape index (κ1) is 17.6. The first-order chi connectivity index (χ1) is 11.4. The van der Waals surface area contributed by atoms with E-state index in [2.05, 4.69) is 20.3 Å². The number of hydrogen-bond acceptors (Lipinski definition) is 9. The van der Waals surface area contributed by atoms with Crippen molar-refractivity contribution in [2.45, 2.75) is 26.5 Å². The molecular formula is C14H18N6O3S. The molecule has 0 unspecified atom stereocenters. The predicted molar refractivity (Wildman–Crippen MR) is 88.9 cm³/mol. The third-order valence-electron chi connectivity index (χ3n) is 3.01. The topological polar surface area (TPSA) is 146 Å². The van der Waals surface area contributed by atoms with Crippen LogP contribution in [0.15, 0.2) is 17.5 Å². The van der Waals surface area contributed by atoms with Gasteiger partial charge in [0, 0.05) is 0 Å². The Kier molecular flexibility index (Phi) is 5.64. The lowest BCUT2D eigenvalue weighted by atomic mass is 10.0. The van der Waals surface area contributed by atoms with E-state index in [-0.39, 0.29) is 36.2 Å². The zero-order chi connectivity index (χ0) is 17.7. The van der Waals surface area contributed by atoms with E-state index in [4.69, 9.17) is 16.2 Å². The summed E-state index contributed by atoms with van der Waals surface area (Å²) >= 11 is 1.29. The molecule has 0 radical (unpaired) electrons. The van der Waals surface area contributed by atoms with Crippen LogP contribution in [0, 0.1) is 5.92 Å². The number of nitrogens with two attached hydrogens (primary N) is 2. The van der Waals surface area contributed by atoms with Gasteiger partial charge in [0.05, 0.1) is 4.88 Å². The van der Waals surface area contributed by atoms with E-state index in [1.165, 1.54) is 11.3 Å². The molecule has 128 valence electrons. The maximum atomic E-state index is 12.3. The summed E-state index contributed by atoms with van der Waals surface area (Å²) in [5, 5.41) is 4.46. The van der Waals surface area contributed by atoms with Crippen molar-refractivity contribution in [1.82, 2.24) is 20.3 Å². The van der Waals surface area contributed by atoms with E-state index >= 15 is 0 Å². The van der Waals surface area contributed by atoms with Crippen molar-refractivity contribution in [3.05, 3.63) is 28.2 Å². The predicted octanol–water partition coefficient (Wildman–Crippen LogP) is 0.595. The van der Waals surface area contributed by atoms with Crippen molar-refractivity contribution in [3.8, 4) is 0 Å². The summed E-state index contributed by atoms with van der Waals surface area (Å²) in [4.78, 5) is 36.2. The monoisotopic (exact) mass is 350 g/mol. The lowest BCUT2D eigenvalue weighted by Gasteiger charge is -2.20. The number of nitrogens with one attached hydrogen (secondary N) is 1. The minimum atomic E-state index is -0.795. The van der Waals surface area contributed by atoms with Crippen LogP contribution in [0.3, 0.4) is 0 Å². The molecule has 0 aliphatic rings. The number of carbonyl (C=O) groups is 2. The maximum Gasteiger partial charge on any atom is 0.329 e. The van der Waals surface area contributed by atoms with Gasteiger partial charge >= 0.3 is 5.97 Å². The van der Waals surface area contributed by atoms with E-state index in [9.17, 15) is 9.59 Å². The largest absolute Gasteiger partial charge is 0.456 e. The van der Waals surface area contributed by atoms with Crippen molar-refractivity contribution in [2.75, 3.05) is 11.5 Å². The van der Waals surface area contributed by atoms with Crippen LogP contribution in [-0.2, 0) is 16.1 Å². The molecule has 0 saturated heterocycles. The second-order valence-corrected chi connectivity index (χ2v) is 6.20. The van der Waals surface area contributed by atoms with Gasteiger partial charge in [0.25, 0.3) is 5.91 Å². The quantitative estimate of drug-likeness (QED) is 0.642. The number of thiophene rings is 1. The Morgan fingerprint density at radius 3 is 2.46 bits per heavy atom. The third-order valence-corrected chi connectivity index (χ3v) is 3.88. The van der Waals surface area contributed by atoms with Gasteiger partial charge in [0.2, 0.25) is 11.9 Å². The lowest BCUT2D eigenvalue weighted by molar-refractivity contribution is -0.148. The SMILES string of the molecule is CC(C)[C@H](NC(=O)c1cccs1)C(=O)OCc1nc(N)nc(N)n1. The Balaban J connectivity index is 1.99. The molecule has 10 heteroatoms. The average Bonchev–Trinajstić information content (AvgIpc) is 3.03. The number of carbonyl (C=O) groups excluding carboxylic acids is 2. The standard InChI is InChI=1S/C14H18N6O3S/c1-7(2)10(19-11(21)8-4-3-5-24-8)12(22)23-6-9-17-13(15)20-14(16)18-9/h3-5,7,10H,6H2,1-2H3,(H,19,21)(H4,15,16,17,18,20)/t10-/m0/s1. The number of nitrogen functional groups attached to an aromatic ring is 2. The van der Waals surface area contributed by atoms with Gasteiger partial charge in [-0.25, -0.2) is 4.79 Å². The first-order valence-corrected chi connectivity index (χ1v) is 8.01. The molecule has 0 aromatic carbocycles. The number of anilines is 2. The summed E-state index contributed by atoms with van der Waals surface area (Å²) in [6.07, 6.45) is 0. The summed E-state index contributed by atoms with van der Waals surface area (Å²) in [7, 11) is 0. The van der Waals surface area contributed by atoms with Gasteiger partial charge in [-0.1, -0.05) is 19.9 Å². The Hall–Kier alpha value is -2.75. The van der Waals surface area contributed by atoms with E-state index in [0.717, 1.165) is 0 Å². The molecule has 9 nitrogen and oxygen atoms in total. The van der Waals surface area contributed by atoms with Crippen molar-refractivity contribution >= 4 is 35.1 Å². The Bertz CT molecular complexity index is 699. The molecule has 0 aliphatic heterocycles. The van der Waals surface area contributed by atoms with Crippen molar-refractivity contribution in [2.24, 2.45) is 5.92 Å². The number of nitrogens with zero attached hydrogens (tertiary/aromatic N) is 3. The van der Waals surface area contributed by atoms with Gasteiger partial charge in [-0.15, -0.1) is 11.3 Å². The zero-order valence-electron chi connectivity index (χ0n) is 13.2. The highest BCUT2D eigenvalue weighted by Crippen LogP contribution is 2.11. The second-order valence-electron chi connectivity index (χ2n) is 5.25. The van der Waals surface area contributed by atoms with Gasteiger partial charge in [0.15, 0.2) is 12.4 Å². The Labute approximate surface area is 142 Å². The molecule has 1 amide bonds. The summed E-state index contributed by atoms with van der Waals surface area (Å²) in [5.41, 5.74) is 10.9. The fourth-order valence-corrected chi connectivity index (χ4v) is 2.49. The Morgan fingerprint density at radius 2 is 1.92 bits per heavy atom. The molecule has 24 heavy (non-hydrogen) atoms. The normalized spacial score (nSPS) is 12.0. The smallest absolute Gasteiger partial charge is 0.329 e. The minimum Gasteiger partial charge on any atom is -0.456 e. The molecule has 0 bridgehead atoms. The summed E-state index contributed by atoms with van der Waals surface area (Å²) in [6.45, 7) is 3.40. The highest BCUT2D eigenvalue weighted by molar-refractivity contribution is 7.12. The molecule has 2 aromatic heterocycles. The Morgan fingerprint density at radius 1 is 1.25 bits per heavy atom. The molecule has 0 aliphatic carbocycles. The third kappa shape index (κ3) is 4.62. The number of amides is 1. The van der Waals surface area contributed by atoms with E-state index in [1.54, 1.807) is 31.4 Å². The highest BCUT2D eigenvalue weighted by atomic mass is 32.1. The minimum absolute atomic E-state index is 0.0556. The van der Waals surface area contributed by atoms with Crippen molar-refractivity contribution in [1.29, 1.82) is 0 Å². The summed E-state index contributed by atoms with van der Waals surface area (Å²) in [6, 6.07) is 2.65. The summed E-state index contributed by atoms with van der Waals surface area (Å²) < 4.78 is 5.17. The highest BCUT2D eigenvalue weighted by Gasteiger charge is 2.26. The van der Waals surface area contributed by atoms with Crippen LogP contribution in [0.5, 0.6) is 0 Å². The van der Waals surface area contributed by atoms with Crippen LogP contribution in [0.1, 0.15) is 29.3 Å². The average molecular weight is 350 g/mol. The number of esters is 1. The maximum absolute atomic E-state index is 12.3. The van der Waals surface area contributed by atoms with E-state index < -0.39 is 12.0 Å². The lowest BCUT2D eigenvalue weighted by Crippen LogP contribution is -2.45. The second kappa shape index (κ2) is 7.68. The van der Waals surface area contributed by atoms with Crippen molar-refractivity contribution in [3.63, 3.8) is 0 Å². The first-order valence-electron chi connectivity index (χ1n) is 7.13. The van der Waals surface area contributed by atoms with Crippen molar-refractivity contribution < 1.29 is 14.3 Å². The number of hydrogen-bond donors (Lipinski definition) is 3. The van der Waals surface area contributed by atoms with Gasteiger partial charge in [-0.2, -0.15) is 15.0 Å². The van der Waals surface area contributed by atoms with Gasteiger partial charge in [-0.05, 0) is 17.4 Å². The molecule has 2 aromatic rings. The number of rotatable bonds is 6. The van der Waals surface area contributed by atoms with E-state index in [0.29, 0.717) is 4.88 Å². The van der Waals surface area contributed by atoms with E-state index in [1.807, 2.05) is 0 Å². The van der Waals surface area contributed by atoms with Gasteiger partial charge < -0.3 is 21.5 Å². The molecule has 5 N–H and O–H groups in total. The van der Waals surface area contributed by atoms with Crippen LogP contribution >= 0.6 is 11.3 Å². The molecule has 1 atom stereocenters.